The molecule has 1 aromatic rings. The van der Waals surface area contributed by atoms with Gasteiger partial charge in [-0.25, -0.2) is 0 Å². The van der Waals surface area contributed by atoms with Crippen molar-refractivity contribution < 1.29 is 14.3 Å². The summed E-state index contributed by atoms with van der Waals surface area (Å²) >= 11 is 0. The first-order valence-electron chi connectivity index (χ1n) is 7.84. The molecule has 5 heteroatoms. The summed E-state index contributed by atoms with van der Waals surface area (Å²) in [6.07, 6.45) is 2.20. The standard InChI is InChI=1S/C17H24N2O3/c1-4-11-18-15(20)17(9-10-17)16(21)19-13-5-7-14(8-6-13)22-12(2)3/h5-8,12H,4,9-11H2,1-3H3,(H,18,20)(H,19,21). The lowest BCUT2D eigenvalue weighted by Gasteiger charge is -2.15. The van der Waals surface area contributed by atoms with Crippen LogP contribution in [0.4, 0.5) is 5.69 Å². The van der Waals surface area contributed by atoms with Crippen LogP contribution in [-0.2, 0) is 9.59 Å². The molecule has 2 N–H and O–H groups in total. The van der Waals surface area contributed by atoms with Crippen molar-refractivity contribution in [3.05, 3.63) is 24.3 Å². The maximum absolute atomic E-state index is 12.4. The molecule has 0 spiro atoms. The van der Waals surface area contributed by atoms with Crippen LogP contribution in [0.25, 0.3) is 0 Å². The smallest absolute Gasteiger partial charge is 0.240 e. The van der Waals surface area contributed by atoms with Crippen LogP contribution < -0.4 is 15.4 Å². The Hall–Kier alpha value is -2.04. The van der Waals surface area contributed by atoms with Crippen LogP contribution in [-0.4, -0.2) is 24.5 Å². The summed E-state index contributed by atoms with van der Waals surface area (Å²) < 4.78 is 5.56. The van der Waals surface area contributed by atoms with E-state index in [0.29, 0.717) is 25.1 Å². The van der Waals surface area contributed by atoms with E-state index in [4.69, 9.17) is 4.74 Å². The van der Waals surface area contributed by atoms with Gasteiger partial charge >= 0.3 is 0 Å². The molecule has 1 saturated carbocycles. The number of nitrogens with one attached hydrogen (secondary N) is 2. The average molecular weight is 304 g/mol. The van der Waals surface area contributed by atoms with Crippen LogP contribution in [0.3, 0.4) is 0 Å². The minimum atomic E-state index is -0.873. The predicted octanol–water partition coefficient (Wildman–Crippen LogP) is 2.72. The highest BCUT2D eigenvalue weighted by Gasteiger charge is 2.56. The second kappa shape index (κ2) is 6.81. The van der Waals surface area contributed by atoms with E-state index in [-0.39, 0.29) is 17.9 Å². The first-order valence-corrected chi connectivity index (χ1v) is 7.84. The van der Waals surface area contributed by atoms with Gasteiger partial charge in [0.1, 0.15) is 11.2 Å². The number of benzene rings is 1. The van der Waals surface area contributed by atoms with Crippen molar-refractivity contribution in [2.75, 3.05) is 11.9 Å². The monoisotopic (exact) mass is 304 g/mol. The van der Waals surface area contributed by atoms with Crippen molar-refractivity contribution in [1.82, 2.24) is 5.32 Å². The van der Waals surface area contributed by atoms with Gasteiger partial charge < -0.3 is 15.4 Å². The molecular weight excluding hydrogens is 280 g/mol. The molecule has 5 nitrogen and oxygen atoms in total. The Balaban J connectivity index is 1.95. The van der Waals surface area contributed by atoms with E-state index in [1.54, 1.807) is 12.1 Å². The van der Waals surface area contributed by atoms with Crippen LogP contribution in [0.2, 0.25) is 0 Å². The van der Waals surface area contributed by atoms with E-state index in [1.807, 2.05) is 32.9 Å². The summed E-state index contributed by atoms with van der Waals surface area (Å²) in [6.45, 7) is 6.51. The Labute approximate surface area is 131 Å². The molecule has 0 saturated heterocycles. The maximum atomic E-state index is 12.4. The lowest BCUT2D eigenvalue weighted by atomic mass is 10.0. The molecule has 0 heterocycles. The topological polar surface area (TPSA) is 67.4 Å². The summed E-state index contributed by atoms with van der Waals surface area (Å²) in [4.78, 5) is 24.5. The second-order valence-corrected chi connectivity index (χ2v) is 5.98. The Morgan fingerprint density at radius 2 is 1.82 bits per heavy atom. The zero-order valence-corrected chi connectivity index (χ0v) is 13.4. The maximum Gasteiger partial charge on any atom is 0.240 e. The lowest BCUT2D eigenvalue weighted by Crippen LogP contribution is -2.40. The highest BCUT2D eigenvalue weighted by Crippen LogP contribution is 2.46. The molecule has 1 aromatic carbocycles. The van der Waals surface area contributed by atoms with Gasteiger partial charge in [0.25, 0.3) is 0 Å². The third-order valence-corrected chi connectivity index (χ3v) is 3.64. The number of anilines is 1. The molecule has 0 aliphatic heterocycles. The number of rotatable bonds is 7. The average Bonchev–Trinajstić information content (AvgIpc) is 3.28. The fraction of sp³-hybridized carbons (Fsp3) is 0.529. The number of hydrogen-bond donors (Lipinski definition) is 2. The molecule has 0 atom stereocenters. The minimum absolute atomic E-state index is 0.109. The summed E-state index contributed by atoms with van der Waals surface area (Å²) in [7, 11) is 0. The second-order valence-electron chi connectivity index (χ2n) is 5.98. The fourth-order valence-corrected chi connectivity index (χ4v) is 2.23. The van der Waals surface area contributed by atoms with Crippen LogP contribution in [0.15, 0.2) is 24.3 Å². The minimum Gasteiger partial charge on any atom is -0.491 e. The number of carbonyl (C=O) groups excluding carboxylic acids is 2. The number of ether oxygens (including phenoxy) is 1. The van der Waals surface area contributed by atoms with Gasteiger partial charge in [-0.1, -0.05) is 6.92 Å². The van der Waals surface area contributed by atoms with Crippen LogP contribution in [0.1, 0.15) is 40.0 Å². The van der Waals surface area contributed by atoms with Gasteiger partial charge in [-0.15, -0.1) is 0 Å². The van der Waals surface area contributed by atoms with Crippen LogP contribution in [0.5, 0.6) is 5.75 Å². The zero-order chi connectivity index (χ0) is 16.2. The molecule has 0 unspecified atom stereocenters. The third kappa shape index (κ3) is 3.78. The largest absolute Gasteiger partial charge is 0.491 e. The fourth-order valence-electron chi connectivity index (χ4n) is 2.23. The molecule has 0 radical (unpaired) electrons. The van der Waals surface area contributed by atoms with Crippen molar-refractivity contribution in [2.24, 2.45) is 5.41 Å². The van der Waals surface area contributed by atoms with E-state index in [1.165, 1.54) is 0 Å². The Morgan fingerprint density at radius 1 is 1.18 bits per heavy atom. The van der Waals surface area contributed by atoms with Gasteiger partial charge in [-0.2, -0.15) is 0 Å². The first kappa shape index (κ1) is 16.3. The van der Waals surface area contributed by atoms with Crippen LogP contribution in [0, 0.1) is 5.41 Å². The SMILES string of the molecule is CCCNC(=O)C1(C(=O)Nc2ccc(OC(C)C)cc2)CC1. The molecule has 0 aromatic heterocycles. The summed E-state index contributed by atoms with van der Waals surface area (Å²) in [5, 5.41) is 5.64. The van der Waals surface area contributed by atoms with Crippen molar-refractivity contribution >= 4 is 17.5 Å². The molecule has 1 fully saturated rings. The third-order valence-electron chi connectivity index (χ3n) is 3.64. The van der Waals surface area contributed by atoms with Gasteiger partial charge in [-0.3, -0.25) is 9.59 Å². The lowest BCUT2D eigenvalue weighted by molar-refractivity contribution is -0.134. The van der Waals surface area contributed by atoms with Gasteiger partial charge in [0.05, 0.1) is 6.10 Å². The number of carbonyl (C=O) groups is 2. The summed E-state index contributed by atoms with van der Waals surface area (Å²) in [5.74, 6) is 0.375. The van der Waals surface area contributed by atoms with E-state index >= 15 is 0 Å². The number of amides is 2. The van der Waals surface area contributed by atoms with Crippen molar-refractivity contribution in [3.63, 3.8) is 0 Å². The molecule has 1 aliphatic rings. The normalized spacial score (nSPS) is 15.3. The molecule has 0 bridgehead atoms. The van der Waals surface area contributed by atoms with Gasteiger partial charge in [0.2, 0.25) is 11.8 Å². The number of hydrogen-bond acceptors (Lipinski definition) is 3. The van der Waals surface area contributed by atoms with E-state index in [2.05, 4.69) is 10.6 Å². The van der Waals surface area contributed by atoms with Crippen molar-refractivity contribution in [1.29, 1.82) is 0 Å². The first-order chi connectivity index (χ1) is 10.5. The van der Waals surface area contributed by atoms with Gasteiger partial charge in [0, 0.05) is 12.2 Å². The van der Waals surface area contributed by atoms with E-state index in [0.717, 1.165) is 12.2 Å². The highest BCUT2D eigenvalue weighted by atomic mass is 16.5. The molecule has 120 valence electrons. The van der Waals surface area contributed by atoms with Gasteiger partial charge in [0.15, 0.2) is 0 Å². The van der Waals surface area contributed by atoms with Crippen molar-refractivity contribution in [3.8, 4) is 5.75 Å². The Bertz CT molecular complexity index is 533. The van der Waals surface area contributed by atoms with E-state index in [9.17, 15) is 9.59 Å². The predicted molar refractivity (Wildman–Crippen MR) is 85.8 cm³/mol. The molecule has 1 aliphatic carbocycles. The summed E-state index contributed by atoms with van der Waals surface area (Å²) in [5.41, 5.74) is -0.196. The van der Waals surface area contributed by atoms with Gasteiger partial charge in [-0.05, 0) is 57.4 Å². The Kier molecular flexibility index (Phi) is 5.06. The molecule has 2 amide bonds. The molecular formula is C17H24N2O3. The zero-order valence-electron chi connectivity index (χ0n) is 13.4. The van der Waals surface area contributed by atoms with E-state index < -0.39 is 5.41 Å². The van der Waals surface area contributed by atoms with Crippen LogP contribution >= 0.6 is 0 Å². The Morgan fingerprint density at radius 3 is 2.32 bits per heavy atom. The quantitative estimate of drug-likeness (QED) is 0.761. The van der Waals surface area contributed by atoms with Crippen molar-refractivity contribution in [2.45, 2.75) is 46.1 Å². The summed E-state index contributed by atoms with van der Waals surface area (Å²) in [6, 6.07) is 7.20. The highest BCUT2D eigenvalue weighted by molar-refractivity contribution is 6.13. The molecule has 2 rings (SSSR count). The molecule has 22 heavy (non-hydrogen) atoms.